The zero-order chi connectivity index (χ0) is 22.7. The van der Waals surface area contributed by atoms with Crippen LogP contribution in [0.25, 0.3) is 16.6 Å². The number of piperidine rings is 1. The topological polar surface area (TPSA) is 37.7 Å². The molecule has 3 aromatic rings. The first kappa shape index (κ1) is 20.8. The van der Waals surface area contributed by atoms with Gasteiger partial charge in [0.25, 0.3) is 0 Å². The number of aromatic nitrogens is 1. The summed E-state index contributed by atoms with van der Waals surface area (Å²) in [4.78, 5) is 17.0. The summed E-state index contributed by atoms with van der Waals surface area (Å²) in [5.41, 5.74) is 7.75. The highest BCUT2D eigenvalue weighted by atomic mass is 16.6. The minimum absolute atomic E-state index is 0.218. The summed E-state index contributed by atoms with van der Waals surface area (Å²) in [7, 11) is 0. The molecule has 172 valence electrons. The molecule has 0 aliphatic carbocycles. The number of benzene rings is 2. The van der Waals surface area contributed by atoms with Gasteiger partial charge in [0, 0.05) is 42.3 Å². The van der Waals surface area contributed by atoms with E-state index in [2.05, 4.69) is 51.9 Å². The van der Waals surface area contributed by atoms with Crippen molar-refractivity contribution in [1.82, 2.24) is 14.4 Å². The van der Waals surface area contributed by atoms with Crippen molar-refractivity contribution in [3.63, 3.8) is 0 Å². The molecule has 5 heteroatoms. The van der Waals surface area contributed by atoms with E-state index in [0.29, 0.717) is 19.0 Å². The highest BCUT2D eigenvalue weighted by Gasteiger charge is 2.33. The first-order chi connectivity index (χ1) is 15.9. The van der Waals surface area contributed by atoms with Crippen LogP contribution >= 0.6 is 0 Å². The quantitative estimate of drug-likeness (QED) is 0.490. The first-order valence-corrected chi connectivity index (χ1v) is 12.3. The van der Waals surface area contributed by atoms with Crippen molar-refractivity contribution < 1.29 is 9.53 Å². The number of hydrogen-bond donors (Lipinski definition) is 0. The fraction of sp³-hybridized carbons (Fsp3) is 0.464. The molecular weight excluding hydrogens is 410 g/mol. The molecule has 1 amide bonds. The molecular formula is C28H33N3O2. The molecule has 5 nitrogen and oxygen atoms in total. The Morgan fingerprint density at radius 1 is 0.970 bits per heavy atom. The fourth-order valence-corrected chi connectivity index (χ4v) is 5.95. The maximum Gasteiger partial charge on any atom is 0.410 e. The second-order valence-electron chi connectivity index (χ2n) is 10.9. The first-order valence-electron chi connectivity index (χ1n) is 12.3. The second kappa shape index (κ2) is 7.63. The van der Waals surface area contributed by atoms with Gasteiger partial charge in [0.05, 0.1) is 5.52 Å². The van der Waals surface area contributed by atoms with E-state index in [9.17, 15) is 4.79 Å². The number of nitrogens with zero attached hydrogens (tertiary/aromatic N) is 3. The van der Waals surface area contributed by atoms with Crippen LogP contribution in [-0.4, -0.2) is 45.7 Å². The lowest BCUT2D eigenvalue weighted by Gasteiger charge is -2.31. The van der Waals surface area contributed by atoms with Crippen molar-refractivity contribution in [1.29, 1.82) is 0 Å². The molecule has 2 aromatic carbocycles. The van der Waals surface area contributed by atoms with E-state index in [0.717, 1.165) is 13.0 Å². The Hall–Kier alpha value is -2.79. The van der Waals surface area contributed by atoms with Gasteiger partial charge in [-0.1, -0.05) is 24.3 Å². The van der Waals surface area contributed by atoms with Crippen molar-refractivity contribution in [3.8, 4) is 5.69 Å². The largest absolute Gasteiger partial charge is 0.444 e. The minimum atomic E-state index is -0.468. The van der Waals surface area contributed by atoms with Crippen molar-refractivity contribution in [3.05, 3.63) is 64.8 Å². The number of carbonyl (C=O) groups is 1. The standard InChI is InChI=1S/C28H33N3O2/c1-28(2,3)33-27(32)30-15-12-20-16-22(9-8-21(20)17-30)31-25-7-5-4-6-23(25)24-18-29-13-10-19(11-14-29)26(24)31/h4-9,16,19H,10-15,17-18H2,1-3H3. The minimum Gasteiger partial charge on any atom is -0.444 e. The molecule has 7 rings (SSSR count). The van der Waals surface area contributed by atoms with E-state index >= 15 is 0 Å². The average Bonchev–Trinajstić information content (AvgIpc) is 2.90. The van der Waals surface area contributed by atoms with Crippen LogP contribution < -0.4 is 0 Å². The van der Waals surface area contributed by atoms with Crippen LogP contribution in [0.3, 0.4) is 0 Å². The Balaban J connectivity index is 1.39. The molecule has 4 aliphatic heterocycles. The maximum atomic E-state index is 12.6. The molecule has 1 aromatic heterocycles. The summed E-state index contributed by atoms with van der Waals surface area (Å²) in [6, 6.07) is 15.7. The lowest BCUT2D eigenvalue weighted by molar-refractivity contribution is 0.0224. The Morgan fingerprint density at radius 3 is 2.55 bits per heavy atom. The second-order valence-corrected chi connectivity index (χ2v) is 10.9. The van der Waals surface area contributed by atoms with E-state index < -0.39 is 5.60 Å². The van der Waals surface area contributed by atoms with Gasteiger partial charge in [-0.25, -0.2) is 4.79 Å². The summed E-state index contributed by atoms with van der Waals surface area (Å²) < 4.78 is 8.15. The third kappa shape index (κ3) is 3.63. The molecule has 1 fully saturated rings. The van der Waals surface area contributed by atoms with Crippen molar-refractivity contribution in [2.24, 2.45) is 0 Å². The van der Waals surface area contributed by atoms with Gasteiger partial charge >= 0.3 is 6.09 Å². The molecule has 0 unspecified atom stereocenters. The highest BCUT2D eigenvalue weighted by Crippen LogP contribution is 2.42. The molecule has 4 aliphatic rings. The lowest BCUT2D eigenvalue weighted by Crippen LogP contribution is -2.39. The summed E-state index contributed by atoms with van der Waals surface area (Å²) in [5, 5.41) is 1.40. The third-order valence-electron chi connectivity index (χ3n) is 7.49. The number of rotatable bonds is 1. The van der Waals surface area contributed by atoms with Crippen molar-refractivity contribution >= 4 is 17.0 Å². The van der Waals surface area contributed by atoms with Crippen LogP contribution in [0.4, 0.5) is 4.79 Å². The number of carbonyl (C=O) groups excluding carboxylic acids is 1. The van der Waals surface area contributed by atoms with Gasteiger partial charge in [-0.15, -0.1) is 0 Å². The number of amides is 1. The summed E-state index contributed by atoms with van der Waals surface area (Å²) >= 11 is 0. The van der Waals surface area contributed by atoms with E-state index in [1.807, 2.05) is 25.7 Å². The Kier molecular flexibility index (Phi) is 4.80. The monoisotopic (exact) mass is 443 g/mol. The number of ether oxygens (including phenoxy) is 1. The number of para-hydroxylation sites is 1. The molecule has 0 spiro atoms. The van der Waals surface area contributed by atoms with Crippen LogP contribution in [0.15, 0.2) is 42.5 Å². The van der Waals surface area contributed by atoms with Crippen molar-refractivity contribution in [2.45, 2.75) is 64.6 Å². The van der Waals surface area contributed by atoms with Gasteiger partial charge in [-0.2, -0.15) is 0 Å². The number of hydrogen-bond acceptors (Lipinski definition) is 3. The summed E-state index contributed by atoms with van der Waals surface area (Å²) in [6.07, 6.45) is 3.14. The molecule has 0 N–H and O–H groups in total. The molecule has 5 heterocycles. The van der Waals surface area contributed by atoms with E-state index in [-0.39, 0.29) is 6.09 Å². The number of fused-ring (bicyclic) bond motifs is 4. The molecule has 0 atom stereocenters. The molecule has 1 saturated heterocycles. The SMILES string of the molecule is CC(C)(C)OC(=O)N1CCc2cc(-n3c4c(c5ccccc53)CN3CCC4CC3)ccc2C1. The van der Waals surface area contributed by atoms with E-state index in [1.54, 1.807) is 0 Å². The van der Waals surface area contributed by atoms with Crippen molar-refractivity contribution in [2.75, 3.05) is 19.6 Å². The van der Waals surface area contributed by atoms with Gasteiger partial charge in [-0.3, -0.25) is 4.90 Å². The molecule has 0 radical (unpaired) electrons. The third-order valence-corrected chi connectivity index (χ3v) is 7.49. The van der Waals surface area contributed by atoms with Crippen LogP contribution in [0.5, 0.6) is 0 Å². The Morgan fingerprint density at radius 2 is 1.76 bits per heavy atom. The average molecular weight is 444 g/mol. The fourth-order valence-electron chi connectivity index (χ4n) is 5.95. The maximum absolute atomic E-state index is 12.6. The smallest absolute Gasteiger partial charge is 0.410 e. The summed E-state index contributed by atoms with van der Waals surface area (Å²) in [6.45, 7) is 10.6. The Bertz CT molecular complexity index is 1230. The Labute approximate surface area is 195 Å². The molecule has 2 bridgehead atoms. The van der Waals surface area contributed by atoms with Gasteiger partial charge < -0.3 is 14.2 Å². The van der Waals surface area contributed by atoms with Crippen LogP contribution in [0, 0.1) is 0 Å². The summed E-state index contributed by atoms with van der Waals surface area (Å²) in [5.74, 6) is 0.629. The molecule has 0 saturated carbocycles. The van der Waals surface area contributed by atoms with Gasteiger partial charge in [0.15, 0.2) is 0 Å². The normalized spacial score (nSPS) is 22.1. The van der Waals surface area contributed by atoms with Crippen LogP contribution in [-0.2, 0) is 24.2 Å². The van der Waals surface area contributed by atoms with Gasteiger partial charge in [-0.05, 0) is 88.0 Å². The van der Waals surface area contributed by atoms with E-state index in [4.69, 9.17) is 4.74 Å². The lowest BCUT2D eigenvalue weighted by atomic mass is 9.93. The predicted octanol–water partition coefficient (Wildman–Crippen LogP) is 5.62. The highest BCUT2D eigenvalue weighted by molar-refractivity contribution is 5.88. The van der Waals surface area contributed by atoms with Crippen LogP contribution in [0.2, 0.25) is 0 Å². The predicted molar refractivity (Wildman–Crippen MR) is 131 cm³/mol. The van der Waals surface area contributed by atoms with Gasteiger partial charge in [0.2, 0.25) is 0 Å². The zero-order valence-corrected chi connectivity index (χ0v) is 19.9. The van der Waals surface area contributed by atoms with Gasteiger partial charge in [0.1, 0.15) is 5.60 Å². The molecule has 33 heavy (non-hydrogen) atoms. The zero-order valence-electron chi connectivity index (χ0n) is 19.9. The van der Waals surface area contributed by atoms with E-state index in [1.165, 1.54) is 64.9 Å². The van der Waals surface area contributed by atoms with Crippen LogP contribution in [0.1, 0.15) is 61.9 Å².